The molecule has 0 aliphatic carbocycles. The van der Waals surface area contributed by atoms with Crippen LogP contribution in [0.4, 0.5) is 4.79 Å². The number of hydrogen-bond acceptors (Lipinski definition) is 2. The zero-order chi connectivity index (χ0) is 13.9. The number of hydrogen-bond donors (Lipinski definition) is 1. The topological polar surface area (TPSA) is 60.9 Å². The molecule has 0 aromatic heterocycles. The van der Waals surface area contributed by atoms with Gasteiger partial charge in [-0.05, 0) is 26.2 Å². The third-order valence-electron chi connectivity index (χ3n) is 3.56. The van der Waals surface area contributed by atoms with Crippen LogP contribution in [-0.2, 0) is 4.79 Å². The fraction of sp³-hybridized carbons (Fsp3) is 0.846. The van der Waals surface area contributed by atoms with Gasteiger partial charge in [0, 0.05) is 25.7 Å². The molecule has 2 amide bonds. The van der Waals surface area contributed by atoms with Crippen molar-refractivity contribution in [1.29, 1.82) is 0 Å². The van der Waals surface area contributed by atoms with Gasteiger partial charge < -0.3 is 14.9 Å². The fourth-order valence-corrected chi connectivity index (χ4v) is 2.50. The minimum Gasteiger partial charge on any atom is -0.481 e. The molecular weight excluding hydrogens is 232 g/mol. The molecule has 1 aliphatic heterocycles. The van der Waals surface area contributed by atoms with Crippen molar-refractivity contribution in [2.75, 3.05) is 19.6 Å². The van der Waals surface area contributed by atoms with E-state index in [1.807, 2.05) is 13.8 Å². The number of carbonyl (C=O) groups excluding carboxylic acids is 1. The standard InChI is InChI=1S/C13H24N2O3/c1-5-14(8-9(2)3)13(18)15-7-6-11(10(15)4)12(16)17/h9-11H,5-8H2,1-4H3,(H,16,17). The van der Waals surface area contributed by atoms with Crippen LogP contribution in [0, 0.1) is 11.8 Å². The summed E-state index contributed by atoms with van der Waals surface area (Å²) in [4.78, 5) is 26.9. The van der Waals surface area contributed by atoms with Crippen LogP contribution in [0.5, 0.6) is 0 Å². The number of urea groups is 1. The highest BCUT2D eigenvalue weighted by Crippen LogP contribution is 2.25. The van der Waals surface area contributed by atoms with Crippen LogP contribution in [0.25, 0.3) is 0 Å². The van der Waals surface area contributed by atoms with E-state index < -0.39 is 11.9 Å². The lowest BCUT2D eigenvalue weighted by Crippen LogP contribution is -2.47. The molecule has 1 N–H and O–H groups in total. The third-order valence-corrected chi connectivity index (χ3v) is 3.56. The van der Waals surface area contributed by atoms with Crippen LogP contribution >= 0.6 is 0 Å². The number of amides is 2. The number of nitrogens with zero attached hydrogens (tertiary/aromatic N) is 2. The van der Waals surface area contributed by atoms with Crippen LogP contribution in [0.15, 0.2) is 0 Å². The van der Waals surface area contributed by atoms with Crippen molar-refractivity contribution in [3.05, 3.63) is 0 Å². The zero-order valence-corrected chi connectivity index (χ0v) is 11.7. The van der Waals surface area contributed by atoms with Crippen LogP contribution in [-0.4, -0.2) is 52.6 Å². The van der Waals surface area contributed by atoms with Crippen LogP contribution in [0.1, 0.15) is 34.1 Å². The minimum absolute atomic E-state index is 0.0255. The Morgan fingerprint density at radius 1 is 1.44 bits per heavy atom. The monoisotopic (exact) mass is 256 g/mol. The lowest BCUT2D eigenvalue weighted by molar-refractivity contribution is -0.142. The van der Waals surface area contributed by atoms with E-state index in [0.29, 0.717) is 25.4 Å². The minimum atomic E-state index is -0.801. The molecule has 1 heterocycles. The van der Waals surface area contributed by atoms with Gasteiger partial charge in [0.1, 0.15) is 0 Å². The lowest BCUT2D eigenvalue weighted by atomic mass is 10.0. The summed E-state index contributed by atoms with van der Waals surface area (Å²) in [5.74, 6) is -0.807. The molecule has 0 radical (unpaired) electrons. The molecule has 18 heavy (non-hydrogen) atoms. The Balaban J connectivity index is 2.69. The average Bonchev–Trinajstić information content (AvgIpc) is 2.66. The van der Waals surface area contributed by atoms with Crippen molar-refractivity contribution >= 4 is 12.0 Å². The summed E-state index contributed by atoms with van der Waals surface area (Å²) < 4.78 is 0. The van der Waals surface area contributed by atoms with Gasteiger partial charge in [-0.2, -0.15) is 0 Å². The van der Waals surface area contributed by atoms with E-state index in [2.05, 4.69) is 13.8 Å². The Bertz CT molecular complexity index is 317. The largest absolute Gasteiger partial charge is 0.481 e. The molecule has 1 aliphatic rings. The first-order valence-corrected chi connectivity index (χ1v) is 6.66. The summed E-state index contributed by atoms with van der Waals surface area (Å²) in [6.45, 7) is 9.86. The van der Waals surface area contributed by atoms with E-state index >= 15 is 0 Å². The first-order valence-electron chi connectivity index (χ1n) is 6.66. The molecule has 0 bridgehead atoms. The summed E-state index contributed by atoms with van der Waals surface area (Å²) in [6, 6.07) is -0.237. The lowest BCUT2D eigenvalue weighted by Gasteiger charge is -2.31. The maximum atomic E-state index is 12.3. The number of rotatable bonds is 4. The van der Waals surface area contributed by atoms with Crippen molar-refractivity contribution in [2.24, 2.45) is 11.8 Å². The Labute approximate surface area is 109 Å². The van der Waals surface area contributed by atoms with Gasteiger partial charge in [0.2, 0.25) is 0 Å². The molecule has 0 aromatic rings. The van der Waals surface area contributed by atoms with E-state index in [4.69, 9.17) is 5.11 Å². The molecular formula is C13H24N2O3. The summed E-state index contributed by atoms with van der Waals surface area (Å²) >= 11 is 0. The summed E-state index contributed by atoms with van der Waals surface area (Å²) in [5.41, 5.74) is 0. The van der Waals surface area contributed by atoms with Gasteiger partial charge in [0.05, 0.1) is 5.92 Å². The van der Waals surface area contributed by atoms with Crippen LogP contribution in [0.3, 0.4) is 0 Å². The van der Waals surface area contributed by atoms with Gasteiger partial charge in [-0.25, -0.2) is 4.79 Å². The maximum Gasteiger partial charge on any atom is 0.320 e. The number of aliphatic carboxylic acids is 1. The molecule has 1 fully saturated rings. The molecule has 104 valence electrons. The SMILES string of the molecule is CCN(CC(C)C)C(=O)N1CCC(C(=O)O)C1C. The van der Waals surface area contributed by atoms with Crippen molar-refractivity contribution in [3.8, 4) is 0 Å². The quantitative estimate of drug-likeness (QED) is 0.835. The fourth-order valence-electron chi connectivity index (χ4n) is 2.50. The third kappa shape index (κ3) is 3.15. The highest BCUT2D eigenvalue weighted by Gasteiger charge is 2.39. The van der Waals surface area contributed by atoms with Gasteiger partial charge in [-0.3, -0.25) is 4.79 Å². The van der Waals surface area contributed by atoms with Gasteiger partial charge >= 0.3 is 12.0 Å². The molecule has 0 saturated carbocycles. The second kappa shape index (κ2) is 6.07. The van der Waals surface area contributed by atoms with Gasteiger partial charge in [-0.1, -0.05) is 13.8 Å². The van der Waals surface area contributed by atoms with E-state index in [1.165, 1.54) is 0 Å². The molecule has 5 nitrogen and oxygen atoms in total. The van der Waals surface area contributed by atoms with Crippen molar-refractivity contribution in [2.45, 2.75) is 40.2 Å². The van der Waals surface area contributed by atoms with E-state index in [9.17, 15) is 9.59 Å². The number of carboxylic acids is 1. The zero-order valence-electron chi connectivity index (χ0n) is 11.7. The Morgan fingerprint density at radius 2 is 2.06 bits per heavy atom. The van der Waals surface area contributed by atoms with Crippen LogP contribution in [0.2, 0.25) is 0 Å². The van der Waals surface area contributed by atoms with Gasteiger partial charge in [-0.15, -0.1) is 0 Å². The van der Waals surface area contributed by atoms with E-state index in [-0.39, 0.29) is 12.1 Å². The van der Waals surface area contributed by atoms with Crippen molar-refractivity contribution in [3.63, 3.8) is 0 Å². The summed E-state index contributed by atoms with van der Waals surface area (Å²) in [5, 5.41) is 9.07. The Morgan fingerprint density at radius 3 is 2.44 bits per heavy atom. The molecule has 2 unspecified atom stereocenters. The Kier molecular flexibility index (Phi) is 4.99. The number of carboxylic acid groups (broad SMARTS) is 1. The highest BCUT2D eigenvalue weighted by atomic mass is 16.4. The highest BCUT2D eigenvalue weighted by molar-refractivity contribution is 5.78. The van der Waals surface area contributed by atoms with Gasteiger partial charge in [0.25, 0.3) is 0 Å². The Hall–Kier alpha value is -1.26. The number of carbonyl (C=O) groups is 2. The second-order valence-corrected chi connectivity index (χ2v) is 5.38. The maximum absolute atomic E-state index is 12.3. The smallest absolute Gasteiger partial charge is 0.320 e. The molecule has 0 spiro atoms. The summed E-state index contributed by atoms with van der Waals surface area (Å²) in [6.07, 6.45) is 0.557. The summed E-state index contributed by atoms with van der Waals surface area (Å²) in [7, 11) is 0. The van der Waals surface area contributed by atoms with E-state index in [0.717, 1.165) is 6.54 Å². The molecule has 0 aromatic carbocycles. The molecule has 5 heteroatoms. The average molecular weight is 256 g/mol. The number of likely N-dealkylation sites (tertiary alicyclic amines) is 1. The van der Waals surface area contributed by atoms with Crippen molar-refractivity contribution < 1.29 is 14.7 Å². The van der Waals surface area contributed by atoms with E-state index in [1.54, 1.807) is 9.80 Å². The second-order valence-electron chi connectivity index (χ2n) is 5.38. The first kappa shape index (κ1) is 14.8. The normalized spacial score (nSPS) is 23.5. The molecule has 1 saturated heterocycles. The molecule has 2 atom stereocenters. The predicted octanol–water partition coefficient (Wildman–Crippen LogP) is 1.88. The van der Waals surface area contributed by atoms with Crippen LogP contribution < -0.4 is 0 Å². The first-order chi connectivity index (χ1) is 8.38. The molecule has 1 rings (SSSR count). The van der Waals surface area contributed by atoms with Gasteiger partial charge in [0.15, 0.2) is 0 Å². The van der Waals surface area contributed by atoms with Crippen molar-refractivity contribution in [1.82, 2.24) is 9.80 Å². The predicted molar refractivity (Wildman–Crippen MR) is 69.4 cm³/mol.